The topological polar surface area (TPSA) is 171 Å². The quantitative estimate of drug-likeness (QED) is 0.213. The Morgan fingerprint density at radius 2 is 1.87 bits per heavy atom. The van der Waals surface area contributed by atoms with Gasteiger partial charge in [0.25, 0.3) is 15.9 Å². The van der Waals surface area contributed by atoms with Crippen LogP contribution in [0.2, 0.25) is 0 Å². The summed E-state index contributed by atoms with van der Waals surface area (Å²) in [5.74, 6) is -2.71. The molecule has 0 unspecified atom stereocenters. The number of pyridine rings is 1. The van der Waals surface area contributed by atoms with Crippen molar-refractivity contribution in [3.63, 3.8) is 0 Å². The number of nitrogens with one attached hydrogen (secondary N) is 2. The largest absolute Gasteiger partial charge is 0.480 e. The molecule has 0 radical (unpaired) electrons. The second-order valence-electron chi connectivity index (χ2n) is 10.2. The summed E-state index contributed by atoms with van der Waals surface area (Å²) in [6.45, 7) is 4.81. The van der Waals surface area contributed by atoms with Crippen LogP contribution < -0.4 is 14.8 Å². The van der Waals surface area contributed by atoms with E-state index < -0.39 is 32.5 Å². The number of rotatable bonds is 11. The molecule has 240 valence electrons. The molecule has 0 saturated carbocycles. The lowest BCUT2D eigenvalue weighted by atomic mass is 10.2. The molecule has 1 aliphatic rings. The number of amides is 1. The van der Waals surface area contributed by atoms with Crippen molar-refractivity contribution in [2.45, 2.75) is 18.0 Å². The molecule has 18 heteroatoms. The van der Waals surface area contributed by atoms with Gasteiger partial charge in [0.1, 0.15) is 33.6 Å². The third-order valence-electron chi connectivity index (χ3n) is 7.16. The Labute approximate surface area is 261 Å². The first-order chi connectivity index (χ1) is 22.2. The third-order valence-corrected chi connectivity index (χ3v) is 8.56. The Morgan fingerprint density at radius 3 is 2.65 bits per heavy atom. The summed E-state index contributed by atoms with van der Waals surface area (Å²) in [7, 11) is -3.21. The minimum absolute atomic E-state index is 0.100. The summed E-state index contributed by atoms with van der Waals surface area (Å²) in [5.41, 5.74) is 1.73. The summed E-state index contributed by atoms with van der Waals surface area (Å²) in [5, 5.41) is 11.1. The predicted molar refractivity (Wildman–Crippen MR) is 158 cm³/mol. The summed E-state index contributed by atoms with van der Waals surface area (Å²) >= 11 is 0. The van der Waals surface area contributed by atoms with Crippen molar-refractivity contribution in [2.24, 2.45) is 0 Å². The molecule has 0 aliphatic carbocycles. The summed E-state index contributed by atoms with van der Waals surface area (Å²) in [6.07, 6.45) is 7.56. The maximum absolute atomic E-state index is 14.3. The number of carbonyl (C=O) groups excluding carboxylic acids is 1. The molecule has 0 spiro atoms. The van der Waals surface area contributed by atoms with Gasteiger partial charge in [-0.1, -0.05) is 5.21 Å². The van der Waals surface area contributed by atoms with Crippen LogP contribution in [0.4, 0.5) is 14.5 Å². The van der Waals surface area contributed by atoms with Crippen LogP contribution in [0.25, 0.3) is 16.9 Å². The number of carbonyl (C=O) groups is 1. The van der Waals surface area contributed by atoms with Crippen LogP contribution in [0.15, 0.2) is 60.1 Å². The van der Waals surface area contributed by atoms with Crippen molar-refractivity contribution < 1.29 is 31.5 Å². The highest BCUT2D eigenvalue weighted by Gasteiger charge is 2.23. The molecular formula is C28H28F2N10O5S. The van der Waals surface area contributed by atoms with Gasteiger partial charge >= 0.3 is 0 Å². The van der Waals surface area contributed by atoms with Gasteiger partial charge in [0, 0.05) is 43.7 Å². The number of hydrogen-bond acceptors (Lipinski definition) is 11. The van der Waals surface area contributed by atoms with Gasteiger partial charge in [-0.2, -0.15) is 0 Å². The van der Waals surface area contributed by atoms with E-state index in [1.54, 1.807) is 17.1 Å². The van der Waals surface area contributed by atoms with Crippen LogP contribution in [0.5, 0.6) is 5.88 Å². The second kappa shape index (κ2) is 13.1. The number of hydrogen-bond donors (Lipinski definition) is 2. The molecule has 1 aliphatic heterocycles. The van der Waals surface area contributed by atoms with E-state index in [0.717, 1.165) is 45.0 Å². The molecule has 1 aromatic carbocycles. The highest BCUT2D eigenvalue weighted by molar-refractivity contribution is 7.92. The zero-order chi connectivity index (χ0) is 32.3. The Bertz CT molecular complexity index is 2000. The molecule has 46 heavy (non-hydrogen) atoms. The minimum Gasteiger partial charge on any atom is -0.480 e. The van der Waals surface area contributed by atoms with Crippen LogP contribution >= 0.6 is 0 Å². The van der Waals surface area contributed by atoms with Crippen LogP contribution in [0, 0.1) is 11.6 Å². The van der Waals surface area contributed by atoms with Gasteiger partial charge in [-0.05, 0) is 18.2 Å². The van der Waals surface area contributed by atoms with Gasteiger partial charge < -0.3 is 14.8 Å². The number of nitrogens with zero attached hydrogens (tertiary/aromatic N) is 8. The minimum atomic E-state index is -4.49. The lowest BCUT2D eigenvalue weighted by molar-refractivity contribution is 0.0359. The SMILES string of the molecule is COc1ncc(-c2cn3c(C(=O)NCc4cn(CCN5CCOCC5)nn4)cnc3cn2)cc1NS(=O)(=O)c1ccc(F)cc1F. The normalized spacial score (nSPS) is 14.0. The number of methoxy groups -OCH3 is 1. The number of aromatic nitrogens is 7. The molecule has 15 nitrogen and oxygen atoms in total. The van der Waals surface area contributed by atoms with Crippen LogP contribution in [0.3, 0.4) is 0 Å². The monoisotopic (exact) mass is 654 g/mol. The van der Waals surface area contributed by atoms with Gasteiger partial charge in [0.15, 0.2) is 5.65 Å². The number of ether oxygens (including phenoxy) is 2. The van der Waals surface area contributed by atoms with Gasteiger partial charge in [-0.25, -0.2) is 27.2 Å². The van der Waals surface area contributed by atoms with Crippen LogP contribution in [-0.4, -0.2) is 93.5 Å². The fourth-order valence-electron chi connectivity index (χ4n) is 4.79. The Morgan fingerprint density at radius 1 is 1.04 bits per heavy atom. The smallest absolute Gasteiger partial charge is 0.270 e. The highest BCUT2D eigenvalue weighted by atomic mass is 32.2. The van der Waals surface area contributed by atoms with E-state index in [9.17, 15) is 22.0 Å². The van der Waals surface area contributed by atoms with Crippen molar-refractivity contribution in [2.75, 3.05) is 44.7 Å². The molecule has 4 aromatic heterocycles. The molecule has 1 fully saturated rings. The van der Waals surface area contributed by atoms with Gasteiger partial charge in [0.05, 0.1) is 57.7 Å². The predicted octanol–water partition coefficient (Wildman–Crippen LogP) is 1.73. The molecule has 2 N–H and O–H groups in total. The fourth-order valence-corrected chi connectivity index (χ4v) is 5.89. The lowest BCUT2D eigenvalue weighted by Gasteiger charge is -2.26. The van der Waals surface area contributed by atoms with Gasteiger partial charge in [-0.3, -0.25) is 28.5 Å². The molecular weight excluding hydrogens is 626 g/mol. The molecule has 0 atom stereocenters. The van der Waals surface area contributed by atoms with Crippen LogP contribution in [-0.2, 0) is 27.8 Å². The first-order valence-electron chi connectivity index (χ1n) is 14.0. The van der Waals surface area contributed by atoms with Crippen molar-refractivity contribution in [3.8, 4) is 17.1 Å². The number of sulfonamides is 1. The average Bonchev–Trinajstić information content (AvgIpc) is 3.69. The van der Waals surface area contributed by atoms with E-state index in [1.807, 2.05) is 0 Å². The number of fused-ring (bicyclic) bond motifs is 1. The van der Waals surface area contributed by atoms with E-state index in [-0.39, 0.29) is 23.8 Å². The molecule has 5 aromatic rings. The molecule has 1 amide bonds. The number of benzene rings is 1. The number of morpholine rings is 1. The van der Waals surface area contributed by atoms with Gasteiger partial charge in [-0.15, -0.1) is 5.10 Å². The standard InChI is InChI=1S/C28H28F2N10O5S/c1-44-28-22(36-46(42,43)25-3-2-19(29)11-21(25)30)10-18(12-34-28)23-17-40-24(14-32-26(40)15-31-23)27(41)33-13-20-16-39(37-35-20)5-4-38-6-8-45-9-7-38/h2-3,10-12,14-17,36H,4-9,13H2,1H3,(H,33,41). The van der Waals surface area contributed by atoms with E-state index in [0.29, 0.717) is 35.2 Å². The highest BCUT2D eigenvalue weighted by Crippen LogP contribution is 2.30. The van der Waals surface area contributed by atoms with Crippen molar-refractivity contribution in [1.82, 2.24) is 44.6 Å². The lowest BCUT2D eigenvalue weighted by Crippen LogP contribution is -2.38. The zero-order valence-corrected chi connectivity index (χ0v) is 25.2. The first kappa shape index (κ1) is 30.9. The number of halogens is 2. The molecule has 6 rings (SSSR count). The Balaban J connectivity index is 1.17. The van der Waals surface area contributed by atoms with E-state index in [1.165, 1.54) is 36.2 Å². The Kier molecular flexibility index (Phi) is 8.82. The van der Waals surface area contributed by atoms with E-state index >= 15 is 0 Å². The number of imidazole rings is 1. The van der Waals surface area contributed by atoms with Crippen molar-refractivity contribution >= 4 is 27.3 Å². The number of anilines is 1. The van der Waals surface area contributed by atoms with Crippen LogP contribution in [0.1, 0.15) is 16.2 Å². The summed E-state index contributed by atoms with van der Waals surface area (Å²) in [6, 6.07) is 3.50. The summed E-state index contributed by atoms with van der Waals surface area (Å²) in [4.78, 5) is 27.4. The average molecular weight is 655 g/mol. The summed E-state index contributed by atoms with van der Waals surface area (Å²) < 4.78 is 69.5. The third kappa shape index (κ3) is 6.77. The van der Waals surface area contributed by atoms with Crippen molar-refractivity contribution in [1.29, 1.82) is 0 Å². The van der Waals surface area contributed by atoms with Gasteiger partial charge in [0.2, 0.25) is 5.88 Å². The molecule has 1 saturated heterocycles. The van der Waals surface area contributed by atoms with E-state index in [2.05, 4.69) is 40.2 Å². The fraction of sp³-hybridized carbons (Fsp3) is 0.286. The first-order valence-corrected chi connectivity index (χ1v) is 15.5. The maximum atomic E-state index is 14.3. The molecule has 5 heterocycles. The molecule has 0 bridgehead atoms. The van der Waals surface area contributed by atoms with E-state index in [4.69, 9.17) is 9.47 Å². The zero-order valence-electron chi connectivity index (χ0n) is 24.4. The maximum Gasteiger partial charge on any atom is 0.270 e. The van der Waals surface area contributed by atoms with Crippen molar-refractivity contribution in [3.05, 3.63) is 78.3 Å². The second-order valence-corrected chi connectivity index (χ2v) is 11.9. The Hall–Kier alpha value is -5.07.